The molecule has 0 bridgehead atoms. The van der Waals surface area contributed by atoms with Gasteiger partial charge in [-0.2, -0.15) is 0 Å². The maximum absolute atomic E-state index is 11.2. The predicted molar refractivity (Wildman–Crippen MR) is 73.7 cm³/mol. The number of benzene rings is 1. The standard InChI is InChI=1S/C15H12N2O2/c18-14-10-16-13-9-8-12(17-15(13)19-14)7-6-11-4-2-1-3-5-11/h1-9,16H,10H2/b7-6+. The lowest BCUT2D eigenvalue weighted by molar-refractivity contribution is -0.133. The van der Waals surface area contributed by atoms with Gasteiger partial charge < -0.3 is 10.1 Å². The zero-order valence-electron chi connectivity index (χ0n) is 10.2. The summed E-state index contributed by atoms with van der Waals surface area (Å²) in [6.45, 7) is 0.188. The molecule has 2 heterocycles. The SMILES string of the molecule is O=C1CNc2ccc(/C=C/c3ccccc3)nc2O1. The van der Waals surface area contributed by atoms with Gasteiger partial charge in [-0.3, -0.25) is 0 Å². The van der Waals surface area contributed by atoms with Crippen molar-refractivity contribution in [2.24, 2.45) is 0 Å². The molecule has 1 aliphatic rings. The Morgan fingerprint density at radius 2 is 1.95 bits per heavy atom. The number of nitrogens with zero attached hydrogens (tertiary/aromatic N) is 1. The minimum atomic E-state index is -0.316. The average Bonchev–Trinajstić information content (AvgIpc) is 2.46. The molecule has 0 radical (unpaired) electrons. The van der Waals surface area contributed by atoms with Gasteiger partial charge in [0.1, 0.15) is 6.54 Å². The van der Waals surface area contributed by atoms with Gasteiger partial charge >= 0.3 is 5.97 Å². The Hall–Kier alpha value is -2.62. The molecule has 1 N–H and O–H groups in total. The van der Waals surface area contributed by atoms with Crippen molar-refractivity contribution in [2.45, 2.75) is 0 Å². The van der Waals surface area contributed by atoms with E-state index in [0.717, 1.165) is 16.9 Å². The van der Waals surface area contributed by atoms with E-state index in [1.807, 2.05) is 54.6 Å². The summed E-state index contributed by atoms with van der Waals surface area (Å²) in [6.07, 6.45) is 3.85. The van der Waals surface area contributed by atoms with E-state index in [-0.39, 0.29) is 12.5 Å². The zero-order chi connectivity index (χ0) is 13.1. The molecule has 94 valence electrons. The molecule has 0 spiro atoms. The molecule has 0 saturated heterocycles. The number of nitrogens with one attached hydrogen (secondary N) is 1. The van der Waals surface area contributed by atoms with Crippen LogP contribution in [0.5, 0.6) is 5.88 Å². The fourth-order valence-corrected chi connectivity index (χ4v) is 1.82. The molecule has 0 unspecified atom stereocenters. The van der Waals surface area contributed by atoms with Crippen LogP contribution in [0.25, 0.3) is 12.2 Å². The summed E-state index contributed by atoms with van der Waals surface area (Å²) >= 11 is 0. The van der Waals surface area contributed by atoms with Gasteiger partial charge in [-0.1, -0.05) is 36.4 Å². The van der Waals surface area contributed by atoms with Gasteiger partial charge in [-0.25, -0.2) is 9.78 Å². The number of hydrogen-bond donors (Lipinski definition) is 1. The van der Waals surface area contributed by atoms with Gasteiger partial charge in [0, 0.05) is 0 Å². The minimum Gasteiger partial charge on any atom is -0.404 e. The largest absolute Gasteiger partial charge is 0.404 e. The third-order valence-corrected chi connectivity index (χ3v) is 2.76. The Labute approximate surface area is 110 Å². The smallest absolute Gasteiger partial charge is 0.332 e. The molecule has 19 heavy (non-hydrogen) atoms. The van der Waals surface area contributed by atoms with E-state index in [4.69, 9.17) is 4.74 Å². The molecule has 4 heteroatoms. The third kappa shape index (κ3) is 2.63. The van der Waals surface area contributed by atoms with Gasteiger partial charge in [0.25, 0.3) is 0 Å². The van der Waals surface area contributed by atoms with Crippen molar-refractivity contribution in [3.05, 3.63) is 53.7 Å². The number of anilines is 1. The summed E-state index contributed by atoms with van der Waals surface area (Å²) < 4.78 is 5.08. The maximum atomic E-state index is 11.2. The lowest BCUT2D eigenvalue weighted by Gasteiger charge is -2.16. The van der Waals surface area contributed by atoms with Gasteiger partial charge in [-0.05, 0) is 23.8 Å². The van der Waals surface area contributed by atoms with Crippen LogP contribution in [-0.2, 0) is 4.79 Å². The number of aromatic nitrogens is 1. The fraction of sp³-hybridized carbons (Fsp3) is 0.0667. The second-order valence-electron chi connectivity index (χ2n) is 4.16. The molecule has 1 aromatic heterocycles. The van der Waals surface area contributed by atoms with Crippen LogP contribution in [0.15, 0.2) is 42.5 Å². The van der Waals surface area contributed by atoms with E-state index in [1.54, 1.807) is 0 Å². The van der Waals surface area contributed by atoms with Crippen LogP contribution in [0.3, 0.4) is 0 Å². The molecule has 3 rings (SSSR count). The van der Waals surface area contributed by atoms with Gasteiger partial charge in [0.15, 0.2) is 0 Å². The topological polar surface area (TPSA) is 51.2 Å². The Morgan fingerprint density at radius 1 is 1.11 bits per heavy atom. The van der Waals surface area contributed by atoms with Crippen LogP contribution in [0, 0.1) is 0 Å². The minimum absolute atomic E-state index is 0.188. The van der Waals surface area contributed by atoms with Crippen LogP contribution < -0.4 is 10.1 Å². The number of esters is 1. The zero-order valence-corrected chi connectivity index (χ0v) is 10.2. The molecular formula is C15H12N2O2. The highest BCUT2D eigenvalue weighted by Gasteiger charge is 2.17. The molecule has 1 aromatic carbocycles. The van der Waals surface area contributed by atoms with Crippen LogP contribution in [0.4, 0.5) is 5.69 Å². The number of rotatable bonds is 2. The highest BCUT2D eigenvalue weighted by molar-refractivity contribution is 5.82. The fourth-order valence-electron chi connectivity index (χ4n) is 1.82. The summed E-state index contributed by atoms with van der Waals surface area (Å²) in [7, 11) is 0. The quantitative estimate of drug-likeness (QED) is 0.835. The monoisotopic (exact) mass is 252 g/mol. The second-order valence-corrected chi connectivity index (χ2v) is 4.16. The van der Waals surface area contributed by atoms with Crippen LogP contribution in [-0.4, -0.2) is 17.5 Å². The van der Waals surface area contributed by atoms with Crippen molar-refractivity contribution in [3.63, 3.8) is 0 Å². The highest BCUT2D eigenvalue weighted by atomic mass is 16.5. The third-order valence-electron chi connectivity index (χ3n) is 2.76. The summed E-state index contributed by atoms with van der Waals surface area (Å²) in [5.74, 6) is 0.0238. The van der Waals surface area contributed by atoms with Gasteiger partial charge in [-0.15, -0.1) is 0 Å². The summed E-state index contributed by atoms with van der Waals surface area (Å²) in [5.41, 5.74) is 2.59. The summed E-state index contributed by atoms with van der Waals surface area (Å²) in [4.78, 5) is 15.5. The normalized spacial score (nSPS) is 13.8. The van der Waals surface area contributed by atoms with Crippen molar-refractivity contribution >= 4 is 23.8 Å². The van der Waals surface area contributed by atoms with Crippen molar-refractivity contribution in [3.8, 4) is 5.88 Å². The molecular weight excluding hydrogens is 240 g/mol. The predicted octanol–water partition coefficient (Wildman–Crippen LogP) is 2.58. The van der Waals surface area contributed by atoms with Crippen LogP contribution in [0.2, 0.25) is 0 Å². The van der Waals surface area contributed by atoms with E-state index in [1.165, 1.54) is 0 Å². The van der Waals surface area contributed by atoms with Crippen molar-refractivity contribution in [1.29, 1.82) is 0 Å². The Kier molecular flexibility index (Phi) is 2.98. The van der Waals surface area contributed by atoms with Gasteiger partial charge in [0.05, 0.1) is 11.4 Å². The lowest BCUT2D eigenvalue weighted by Crippen LogP contribution is -2.25. The van der Waals surface area contributed by atoms with Crippen molar-refractivity contribution < 1.29 is 9.53 Å². The van der Waals surface area contributed by atoms with Crippen LogP contribution in [0.1, 0.15) is 11.3 Å². The molecule has 2 aromatic rings. The summed E-state index contributed by atoms with van der Waals surface area (Å²) in [5, 5.41) is 2.95. The van der Waals surface area contributed by atoms with E-state index in [0.29, 0.717) is 5.88 Å². The molecule has 0 fully saturated rings. The molecule has 0 aliphatic carbocycles. The number of ether oxygens (including phenoxy) is 1. The number of carbonyl (C=O) groups excluding carboxylic acids is 1. The molecule has 0 atom stereocenters. The lowest BCUT2D eigenvalue weighted by atomic mass is 10.2. The first-order chi connectivity index (χ1) is 9.31. The van der Waals surface area contributed by atoms with Crippen molar-refractivity contribution in [2.75, 3.05) is 11.9 Å². The highest BCUT2D eigenvalue weighted by Crippen LogP contribution is 2.25. The van der Waals surface area contributed by atoms with Gasteiger partial charge in [0.2, 0.25) is 5.88 Å². The Bertz CT molecular complexity index is 636. The number of hydrogen-bond acceptors (Lipinski definition) is 4. The van der Waals surface area contributed by atoms with E-state index < -0.39 is 0 Å². The Morgan fingerprint density at radius 3 is 2.79 bits per heavy atom. The molecule has 4 nitrogen and oxygen atoms in total. The van der Waals surface area contributed by atoms with E-state index in [9.17, 15) is 4.79 Å². The van der Waals surface area contributed by atoms with Crippen molar-refractivity contribution in [1.82, 2.24) is 4.98 Å². The molecule has 1 aliphatic heterocycles. The average molecular weight is 252 g/mol. The first-order valence-electron chi connectivity index (χ1n) is 6.00. The number of fused-ring (bicyclic) bond motifs is 1. The molecule has 0 amide bonds. The van der Waals surface area contributed by atoms with E-state index >= 15 is 0 Å². The maximum Gasteiger partial charge on any atom is 0.332 e. The first-order valence-corrected chi connectivity index (χ1v) is 6.00. The Balaban J connectivity index is 1.84. The first kappa shape index (κ1) is 11.5. The van der Waals surface area contributed by atoms with Crippen LogP contribution >= 0.6 is 0 Å². The molecule has 0 saturated carbocycles. The second kappa shape index (κ2) is 4.94. The number of pyridine rings is 1. The van der Waals surface area contributed by atoms with E-state index in [2.05, 4.69) is 10.3 Å². The summed E-state index contributed by atoms with van der Waals surface area (Å²) in [6, 6.07) is 13.7. The number of carbonyl (C=O) groups is 1.